The monoisotopic (exact) mass is 296 g/mol. The Bertz CT molecular complexity index is 394. The van der Waals surface area contributed by atoms with Crippen molar-refractivity contribution in [3.63, 3.8) is 0 Å². The Morgan fingerprint density at radius 3 is 2.80 bits per heavy atom. The number of rotatable bonds is 5. The molecule has 112 valence electrons. The van der Waals surface area contributed by atoms with Gasteiger partial charge in [-0.3, -0.25) is 4.90 Å². The summed E-state index contributed by atoms with van der Waals surface area (Å²) >= 11 is 5.86. The summed E-state index contributed by atoms with van der Waals surface area (Å²) in [6.45, 7) is 9.66. The minimum absolute atomic E-state index is 0.591. The molecular formula is C16H25ClN2O. The van der Waals surface area contributed by atoms with Crippen LogP contribution in [-0.2, 0) is 0 Å². The Kier molecular flexibility index (Phi) is 6.14. The highest BCUT2D eigenvalue weighted by atomic mass is 35.5. The molecule has 1 N–H and O–H groups in total. The lowest BCUT2D eigenvalue weighted by Gasteiger charge is -2.26. The van der Waals surface area contributed by atoms with Gasteiger partial charge in [0.2, 0.25) is 0 Å². The highest BCUT2D eigenvalue weighted by Crippen LogP contribution is 2.15. The molecule has 0 amide bonds. The van der Waals surface area contributed by atoms with Gasteiger partial charge >= 0.3 is 0 Å². The zero-order valence-corrected chi connectivity index (χ0v) is 13.2. The molecule has 1 atom stereocenters. The quantitative estimate of drug-likeness (QED) is 0.904. The minimum atomic E-state index is 0.591. The summed E-state index contributed by atoms with van der Waals surface area (Å²) in [6.07, 6.45) is 1.21. The van der Waals surface area contributed by atoms with Crippen molar-refractivity contribution in [1.29, 1.82) is 0 Å². The molecule has 2 rings (SSSR count). The van der Waals surface area contributed by atoms with Gasteiger partial charge < -0.3 is 10.1 Å². The minimum Gasteiger partial charge on any atom is -0.492 e. The molecule has 0 spiro atoms. The van der Waals surface area contributed by atoms with Gasteiger partial charge in [0.15, 0.2) is 0 Å². The first-order valence-corrected chi connectivity index (χ1v) is 7.87. The van der Waals surface area contributed by atoms with Crippen LogP contribution in [0.3, 0.4) is 0 Å². The van der Waals surface area contributed by atoms with Crippen molar-refractivity contribution in [2.24, 2.45) is 5.92 Å². The Morgan fingerprint density at radius 2 is 2.10 bits per heavy atom. The Morgan fingerprint density at radius 1 is 1.35 bits per heavy atom. The van der Waals surface area contributed by atoms with Gasteiger partial charge in [0.05, 0.1) is 0 Å². The molecule has 1 aromatic carbocycles. The summed E-state index contributed by atoms with van der Waals surface area (Å²) in [4.78, 5) is 2.50. The Hall–Kier alpha value is -0.770. The maximum atomic E-state index is 5.86. The molecule has 1 unspecified atom stereocenters. The molecule has 1 aliphatic heterocycles. The van der Waals surface area contributed by atoms with E-state index in [-0.39, 0.29) is 0 Å². The van der Waals surface area contributed by atoms with Crippen LogP contribution in [-0.4, -0.2) is 43.7 Å². The predicted octanol–water partition coefficient (Wildman–Crippen LogP) is 3.04. The molecule has 1 saturated heterocycles. The van der Waals surface area contributed by atoms with Crippen LogP contribution in [0.25, 0.3) is 0 Å². The number of nitrogens with zero attached hydrogens (tertiary/aromatic N) is 1. The summed E-state index contributed by atoms with van der Waals surface area (Å²) in [5.41, 5.74) is 0. The molecule has 0 bridgehead atoms. The van der Waals surface area contributed by atoms with Gasteiger partial charge in [0, 0.05) is 24.2 Å². The van der Waals surface area contributed by atoms with Crippen LogP contribution in [0.2, 0.25) is 5.02 Å². The van der Waals surface area contributed by atoms with Gasteiger partial charge in [-0.15, -0.1) is 0 Å². The van der Waals surface area contributed by atoms with E-state index in [0.29, 0.717) is 12.0 Å². The van der Waals surface area contributed by atoms with Crippen molar-refractivity contribution >= 4 is 11.6 Å². The van der Waals surface area contributed by atoms with Crippen molar-refractivity contribution in [2.45, 2.75) is 26.3 Å². The summed E-state index contributed by atoms with van der Waals surface area (Å²) < 4.78 is 5.78. The van der Waals surface area contributed by atoms with Gasteiger partial charge in [-0.1, -0.05) is 25.4 Å². The molecule has 1 fully saturated rings. The lowest BCUT2D eigenvalue weighted by Crippen LogP contribution is -2.42. The van der Waals surface area contributed by atoms with E-state index < -0.39 is 0 Å². The molecule has 0 radical (unpaired) electrons. The van der Waals surface area contributed by atoms with Crippen molar-refractivity contribution in [1.82, 2.24) is 10.2 Å². The third-order valence-corrected chi connectivity index (χ3v) is 4.06. The number of benzene rings is 1. The fraction of sp³-hybridized carbons (Fsp3) is 0.625. The molecule has 4 heteroatoms. The zero-order valence-electron chi connectivity index (χ0n) is 12.4. The standard InChI is InChI=1S/C16H25ClN2O/c1-13(2)16-12-19(9-3-8-18-16)10-11-20-15-6-4-14(17)5-7-15/h4-7,13,16,18H,3,8-12H2,1-2H3. The Labute approximate surface area is 127 Å². The first-order chi connectivity index (χ1) is 9.65. The second-order valence-electron chi connectivity index (χ2n) is 5.76. The molecule has 0 aromatic heterocycles. The lowest BCUT2D eigenvalue weighted by molar-refractivity contribution is 0.196. The van der Waals surface area contributed by atoms with Crippen LogP contribution in [0.15, 0.2) is 24.3 Å². The van der Waals surface area contributed by atoms with E-state index in [1.54, 1.807) is 0 Å². The van der Waals surface area contributed by atoms with E-state index in [1.165, 1.54) is 6.42 Å². The maximum Gasteiger partial charge on any atom is 0.119 e. The Balaban J connectivity index is 1.76. The summed E-state index contributed by atoms with van der Waals surface area (Å²) in [6, 6.07) is 8.16. The molecule has 1 heterocycles. The van der Waals surface area contributed by atoms with E-state index in [1.807, 2.05) is 24.3 Å². The van der Waals surface area contributed by atoms with Crippen LogP contribution >= 0.6 is 11.6 Å². The van der Waals surface area contributed by atoms with Crippen molar-refractivity contribution in [3.05, 3.63) is 29.3 Å². The van der Waals surface area contributed by atoms with Crippen LogP contribution in [0.4, 0.5) is 0 Å². The van der Waals surface area contributed by atoms with Gasteiger partial charge in [0.1, 0.15) is 12.4 Å². The first-order valence-electron chi connectivity index (χ1n) is 7.49. The number of nitrogens with one attached hydrogen (secondary N) is 1. The molecule has 3 nitrogen and oxygen atoms in total. The van der Waals surface area contributed by atoms with Gasteiger partial charge in [-0.2, -0.15) is 0 Å². The highest BCUT2D eigenvalue weighted by molar-refractivity contribution is 6.30. The molecule has 1 aliphatic rings. The molecule has 0 aliphatic carbocycles. The fourth-order valence-electron chi connectivity index (χ4n) is 2.50. The van der Waals surface area contributed by atoms with Crippen LogP contribution in [0.5, 0.6) is 5.75 Å². The first kappa shape index (κ1) is 15.6. The molecule has 0 saturated carbocycles. The van der Waals surface area contributed by atoms with Crippen molar-refractivity contribution < 1.29 is 4.74 Å². The van der Waals surface area contributed by atoms with E-state index >= 15 is 0 Å². The number of hydrogen-bond acceptors (Lipinski definition) is 3. The van der Waals surface area contributed by atoms with Crippen LogP contribution < -0.4 is 10.1 Å². The maximum absolute atomic E-state index is 5.86. The summed E-state index contributed by atoms with van der Waals surface area (Å²) in [5.74, 6) is 1.57. The van der Waals surface area contributed by atoms with Gasteiger partial charge in [0.25, 0.3) is 0 Å². The van der Waals surface area contributed by atoms with E-state index in [4.69, 9.17) is 16.3 Å². The van der Waals surface area contributed by atoms with Crippen molar-refractivity contribution in [3.8, 4) is 5.75 Å². The van der Waals surface area contributed by atoms with E-state index in [0.717, 1.165) is 43.6 Å². The summed E-state index contributed by atoms with van der Waals surface area (Å²) in [7, 11) is 0. The third kappa shape index (κ3) is 4.97. The number of ether oxygens (including phenoxy) is 1. The fourth-order valence-corrected chi connectivity index (χ4v) is 2.62. The molecular weight excluding hydrogens is 272 g/mol. The molecule has 20 heavy (non-hydrogen) atoms. The largest absolute Gasteiger partial charge is 0.492 e. The van der Waals surface area contributed by atoms with Crippen LogP contribution in [0.1, 0.15) is 20.3 Å². The lowest BCUT2D eigenvalue weighted by atomic mass is 10.0. The molecule has 1 aromatic rings. The van der Waals surface area contributed by atoms with Gasteiger partial charge in [-0.25, -0.2) is 0 Å². The topological polar surface area (TPSA) is 24.5 Å². The van der Waals surface area contributed by atoms with Crippen molar-refractivity contribution in [2.75, 3.05) is 32.8 Å². The number of halogens is 1. The van der Waals surface area contributed by atoms with Crippen LogP contribution in [0, 0.1) is 5.92 Å². The SMILES string of the molecule is CC(C)C1CN(CCOc2ccc(Cl)cc2)CCCN1. The van der Waals surface area contributed by atoms with E-state index in [2.05, 4.69) is 24.1 Å². The third-order valence-electron chi connectivity index (χ3n) is 3.81. The zero-order chi connectivity index (χ0) is 14.4. The average Bonchev–Trinajstić information content (AvgIpc) is 2.67. The average molecular weight is 297 g/mol. The smallest absolute Gasteiger partial charge is 0.119 e. The van der Waals surface area contributed by atoms with E-state index in [9.17, 15) is 0 Å². The highest BCUT2D eigenvalue weighted by Gasteiger charge is 2.19. The predicted molar refractivity (Wildman–Crippen MR) is 84.6 cm³/mol. The second kappa shape index (κ2) is 7.87. The summed E-state index contributed by atoms with van der Waals surface area (Å²) in [5, 5.41) is 4.37. The normalized spacial score (nSPS) is 20.9. The second-order valence-corrected chi connectivity index (χ2v) is 6.20. The van der Waals surface area contributed by atoms with Gasteiger partial charge in [-0.05, 0) is 49.7 Å². The number of hydrogen-bond donors (Lipinski definition) is 1.